The van der Waals surface area contributed by atoms with Gasteiger partial charge in [0.2, 0.25) is 0 Å². The molecule has 0 atom stereocenters. The maximum atomic E-state index is 2.37. The van der Waals surface area contributed by atoms with Gasteiger partial charge in [0.1, 0.15) is 0 Å². The fourth-order valence-electron chi connectivity index (χ4n) is 4.33. The van der Waals surface area contributed by atoms with Gasteiger partial charge in [0.05, 0.1) is 0 Å². The van der Waals surface area contributed by atoms with E-state index in [-0.39, 0.29) is 29.7 Å². The monoisotopic (exact) mass is 452 g/mol. The maximum Gasteiger partial charge on any atom is -0.0122 e. The van der Waals surface area contributed by atoms with E-state index in [2.05, 4.69) is 92.6 Å². The molecule has 3 aromatic rings. The molecule has 0 aliphatic heterocycles. The molecule has 0 saturated heterocycles. The largest absolute Gasteiger partial charge is 0.0776 e. The van der Waals surface area contributed by atoms with E-state index in [4.69, 9.17) is 0 Å². The Balaban J connectivity index is -0.000000509. The number of fused-ring (bicyclic) bond motifs is 1. The highest BCUT2D eigenvalue weighted by Gasteiger charge is 2.07. The molecule has 0 fully saturated rings. The van der Waals surface area contributed by atoms with Gasteiger partial charge < -0.3 is 0 Å². The summed E-state index contributed by atoms with van der Waals surface area (Å²) in [5, 5.41) is 2.86. The lowest BCUT2D eigenvalue weighted by Crippen LogP contribution is -1.93. The van der Waals surface area contributed by atoms with Gasteiger partial charge in [0.25, 0.3) is 0 Å². The minimum absolute atomic E-state index is 0. The summed E-state index contributed by atoms with van der Waals surface area (Å²) >= 11 is 0. The Morgan fingerprint density at radius 1 is 0.455 bits per heavy atom. The first-order valence-corrected chi connectivity index (χ1v) is 11.3. The molecule has 0 unspecified atom stereocenters. The molecule has 0 heteroatoms. The predicted molar refractivity (Wildman–Crippen MR) is 158 cm³/mol. The lowest BCUT2D eigenvalue weighted by Gasteiger charge is -2.13. The quantitative estimate of drug-likeness (QED) is 0.369. The van der Waals surface area contributed by atoms with Crippen LogP contribution in [0.5, 0.6) is 0 Å². The Bertz CT molecular complexity index is 966. The topological polar surface area (TPSA) is 0 Å². The maximum absolute atomic E-state index is 2.37. The SMILES string of the molecule is C.C.C.C.CCCc1cc(C)c(C)c(C)c1.CCCc1cc(C)c2c(C)c(C)c(C)cc2c1. The Morgan fingerprint density at radius 3 is 1.30 bits per heavy atom. The van der Waals surface area contributed by atoms with Gasteiger partial charge in [-0.05, 0) is 122 Å². The summed E-state index contributed by atoms with van der Waals surface area (Å²) in [5.74, 6) is 0. The van der Waals surface area contributed by atoms with Crippen molar-refractivity contribution in [3.63, 3.8) is 0 Å². The van der Waals surface area contributed by atoms with Gasteiger partial charge in [-0.25, -0.2) is 0 Å². The van der Waals surface area contributed by atoms with E-state index in [1.807, 2.05) is 0 Å². The zero-order valence-corrected chi connectivity index (χ0v) is 20.2. The minimum Gasteiger partial charge on any atom is -0.0776 e. The van der Waals surface area contributed by atoms with E-state index in [0.717, 1.165) is 0 Å². The Hall–Kier alpha value is -2.08. The van der Waals surface area contributed by atoms with E-state index in [0.29, 0.717) is 0 Å². The molecule has 3 rings (SSSR count). The molecule has 0 saturated carbocycles. The lowest BCUT2D eigenvalue weighted by molar-refractivity contribution is 0.916. The number of aryl methyl sites for hydroxylation is 7. The first kappa shape index (κ1) is 35.5. The van der Waals surface area contributed by atoms with E-state index >= 15 is 0 Å². The van der Waals surface area contributed by atoms with E-state index in [1.54, 1.807) is 0 Å². The summed E-state index contributed by atoms with van der Waals surface area (Å²) in [4.78, 5) is 0. The van der Waals surface area contributed by atoms with Gasteiger partial charge in [0, 0.05) is 0 Å². The van der Waals surface area contributed by atoms with Crippen LogP contribution in [0.15, 0.2) is 30.3 Å². The molecule has 0 aromatic heterocycles. The third-order valence-corrected chi connectivity index (χ3v) is 6.39. The Morgan fingerprint density at radius 2 is 0.848 bits per heavy atom. The van der Waals surface area contributed by atoms with Crippen LogP contribution in [0, 0.1) is 48.5 Å². The van der Waals surface area contributed by atoms with Crippen molar-refractivity contribution < 1.29 is 0 Å². The van der Waals surface area contributed by atoms with Gasteiger partial charge in [0.15, 0.2) is 0 Å². The van der Waals surface area contributed by atoms with E-state index in [1.165, 1.54) is 86.5 Å². The van der Waals surface area contributed by atoms with Crippen molar-refractivity contribution >= 4 is 10.8 Å². The zero-order valence-electron chi connectivity index (χ0n) is 20.2. The summed E-state index contributed by atoms with van der Waals surface area (Å²) < 4.78 is 0. The van der Waals surface area contributed by atoms with Crippen molar-refractivity contribution in [2.45, 2.75) is 118 Å². The fraction of sp³-hybridized carbons (Fsp3) is 0.515. The van der Waals surface area contributed by atoms with Crippen molar-refractivity contribution in [1.82, 2.24) is 0 Å². The molecule has 0 spiro atoms. The molecule has 3 aromatic carbocycles. The molecule has 0 nitrogen and oxygen atoms in total. The molecule has 0 bridgehead atoms. The predicted octanol–water partition coefficient (Wildman–Crippen LogP) is 11.1. The van der Waals surface area contributed by atoms with Gasteiger partial charge in [-0.1, -0.05) is 86.7 Å². The average Bonchev–Trinajstić information content (AvgIpc) is 2.65. The summed E-state index contributed by atoms with van der Waals surface area (Å²) in [7, 11) is 0. The first-order valence-electron chi connectivity index (χ1n) is 11.3. The van der Waals surface area contributed by atoms with E-state index in [9.17, 15) is 0 Å². The molecular weight excluding hydrogens is 396 g/mol. The molecule has 188 valence electrons. The summed E-state index contributed by atoms with van der Waals surface area (Å²) in [6.07, 6.45) is 4.85. The molecule has 0 heterocycles. The van der Waals surface area contributed by atoms with Gasteiger partial charge in [-0.2, -0.15) is 0 Å². The number of rotatable bonds is 4. The summed E-state index contributed by atoms with van der Waals surface area (Å²) in [6, 6.07) is 11.7. The van der Waals surface area contributed by atoms with Crippen molar-refractivity contribution in [2.75, 3.05) is 0 Å². The second kappa shape index (κ2) is 15.7. The van der Waals surface area contributed by atoms with Crippen LogP contribution in [0.4, 0.5) is 0 Å². The van der Waals surface area contributed by atoms with E-state index < -0.39 is 0 Å². The fourth-order valence-corrected chi connectivity index (χ4v) is 4.33. The average molecular weight is 453 g/mol. The van der Waals surface area contributed by atoms with Crippen LogP contribution >= 0.6 is 0 Å². The van der Waals surface area contributed by atoms with Crippen LogP contribution in [0.2, 0.25) is 0 Å². The van der Waals surface area contributed by atoms with Gasteiger partial charge in [-0.3, -0.25) is 0 Å². The molecule has 0 N–H and O–H groups in total. The summed E-state index contributed by atoms with van der Waals surface area (Å²) in [5.41, 5.74) is 13.0. The molecule has 0 radical (unpaired) electrons. The standard InChI is InChI=1S/C17H22.C12H18.4CH4/c1-6-7-15-8-12(3)17-14(5)13(4)11(2)9-16(17)10-15;1-5-6-12-7-9(2)11(4)10(3)8-12;;;;/h8-10H,6-7H2,1-5H3;7-8H,5-6H2,1-4H3;4*1H4. The normalized spacial score (nSPS) is 9.48. The first-order chi connectivity index (χ1) is 13.7. The molecule has 0 amide bonds. The minimum atomic E-state index is 0. The lowest BCUT2D eigenvalue weighted by atomic mass is 9.91. The van der Waals surface area contributed by atoms with Gasteiger partial charge >= 0.3 is 0 Å². The Labute approximate surface area is 208 Å². The Kier molecular flexibility index (Phi) is 16.9. The van der Waals surface area contributed by atoms with Crippen molar-refractivity contribution in [2.24, 2.45) is 0 Å². The second-order valence-electron chi connectivity index (χ2n) is 8.81. The number of benzene rings is 3. The summed E-state index contributed by atoms with van der Waals surface area (Å²) in [6.45, 7) is 20.0. The van der Waals surface area contributed by atoms with Crippen LogP contribution in [0.3, 0.4) is 0 Å². The van der Waals surface area contributed by atoms with Crippen LogP contribution in [0.25, 0.3) is 10.8 Å². The third-order valence-electron chi connectivity index (χ3n) is 6.39. The number of hydrogen-bond acceptors (Lipinski definition) is 0. The van der Waals surface area contributed by atoms with Crippen molar-refractivity contribution in [3.8, 4) is 0 Å². The second-order valence-corrected chi connectivity index (χ2v) is 8.81. The molecule has 0 aliphatic carbocycles. The third kappa shape index (κ3) is 8.65. The van der Waals surface area contributed by atoms with Crippen LogP contribution in [0.1, 0.15) is 106 Å². The highest BCUT2D eigenvalue weighted by molar-refractivity contribution is 5.91. The van der Waals surface area contributed by atoms with Crippen LogP contribution in [-0.4, -0.2) is 0 Å². The highest BCUT2D eigenvalue weighted by Crippen LogP contribution is 2.29. The van der Waals surface area contributed by atoms with Gasteiger partial charge in [-0.15, -0.1) is 0 Å². The van der Waals surface area contributed by atoms with Crippen LogP contribution < -0.4 is 0 Å². The van der Waals surface area contributed by atoms with Crippen molar-refractivity contribution in [3.05, 3.63) is 80.4 Å². The number of hydrogen-bond donors (Lipinski definition) is 0. The van der Waals surface area contributed by atoms with Crippen molar-refractivity contribution in [1.29, 1.82) is 0 Å². The smallest absolute Gasteiger partial charge is 0.0122 e. The highest BCUT2D eigenvalue weighted by atomic mass is 14.1. The molecular formula is C33H56. The van der Waals surface area contributed by atoms with Crippen LogP contribution in [-0.2, 0) is 12.8 Å². The zero-order chi connectivity index (χ0) is 21.7. The molecule has 33 heavy (non-hydrogen) atoms. The molecule has 0 aliphatic rings.